The zero-order valence-corrected chi connectivity index (χ0v) is 15.6. The van der Waals surface area contributed by atoms with Crippen molar-refractivity contribution in [2.24, 2.45) is 4.99 Å². The van der Waals surface area contributed by atoms with Crippen LogP contribution in [0.2, 0.25) is 0 Å². The number of aromatic hydroxyl groups is 1. The normalized spacial score (nSPS) is 12.4. The standard InChI is InChI=1S/C19H18N2O2S2/c1-13(14-8-4-3-5-9-14)21-18(22)17(25-19(21)24)12-20-15-10-6-7-11-16(15)23-2/h3-13,22H,1-2H3. The zero-order chi connectivity index (χ0) is 17.8. The Morgan fingerprint density at radius 3 is 2.56 bits per heavy atom. The molecule has 0 saturated heterocycles. The quantitative estimate of drug-likeness (QED) is 0.486. The van der Waals surface area contributed by atoms with Gasteiger partial charge in [0, 0.05) is 0 Å². The Labute approximate surface area is 155 Å². The van der Waals surface area contributed by atoms with Crippen LogP contribution in [0.4, 0.5) is 5.69 Å². The first-order chi connectivity index (χ1) is 12.1. The van der Waals surface area contributed by atoms with Crippen LogP contribution in [0.3, 0.4) is 0 Å². The van der Waals surface area contributed by atoms with E-state index in [0.29, 0.717) is 20.3 Å². The Hall–Kier alpha value is -2.44. The lowest BCUT2D eigenvalue weighted by molar-refractivity contribution is 0.405. The maximum Gasteiger partial charge on any atom is 0.212 e. The highest BCUT2D eigenvalue weighted by Crippen LogP contribution is 2.32. The van der Waals surface area contributed by atoms with Gasteiger partial charge in [0.2, 0.25) is 5.88 Å². The molecule has 0 radical (unpaired) electrons. The van der Waals surface area contributed by atoms with Crippen LogP contribution in [0, 0.1) is 3.95 Å². The van der Waals surface area contributed by atoms with Gasteiger partial charge in [0.15, 0.2) is 3.95 Å². The summed E-state index contributed by atoms with van der Waals surface area (Å²) in [5, 5.41) is 10.6. The molecule has 6 heteroatoms. The Morgan fingerprint density at radius 2 is 1.84 bits per heavy atom. The van der Waals surface area contributed by atoms with E-state index in [-0.39, 0.29) is 11.9 Å². The molecule has 1 aromatic heterocycles. The molecule has 0 aliphatic carbocycles. The molecule has 2 aromatic carbocycles. The summed E-state index contributed by atoms with van der Waals surface area (Å²) in [6.07, 6.45) is 1.63. The summed E-state index contributed by atoms with van der Waals surface area (Å²) in [4.78, 5) is 5.06. The zero-order valence-electron chi connectivity index (χ0n) is 13.9. The number of benzene rings is 2. The molecule has 0 aliphatic heterocycles. The van der Waals surface area contributed by atoms with Gasteiger partial charge in [-0.25, -0.2) is 0 Å². The molecule has 1 atom stereocenters. The Morgan fingerprint density at radius 1 is 1.16 bits per heavy atom. The highest BCUT2D eigenvalue weighted by atomic mass is 32.1. The largest absolute Gasteiger partial charge is 0.494 e. The summed E-state index contributed by atoms with van der Waals surface area (Å²) in [6.45, 7) is 2.01. The van der Waals surface area contributed by atoms with Gasteiger partial charge < -0.3 is 9.84 Å². The fourth-order valence-corrected chi connectivity index (χ4v) is 3.90. The fraction of sp³-hybridized carbons (Fsp3) is 0.158. The molecular weight excluding hydrogens is 352 g/mol. The van der Waals surface area contributed by atoms with E-state index in [2.05, 4.69) is 4.99 Å². The lowest BCUT2D eigenvalue weighted by Gasteiger charge is -2.14. The van der Waals surface area contributed by atoms with Gasteiger partial charge in [-0.1, -0.05) is 53.8 Å². The van der Waals surface area contributed by atoms with Gasteiger partial charge in [-0.15, -0.1) is 0 Å². The summed E-state index contributed by atoms with van der Waals surface area (Å²) in [5.74, 6) is 0.809. The van der Waals surface area contributed by atoms with E-state index < -0.39 is 0 Å². The summed E-state index contributed by atoms with van der Waals surface area (Å²) >= 11 is 6.79. The van der Waals surface area contributed by atoms with Crippen molar-refractivity contribution in [1.29, 1.82) is 0 Å². The van der Waals surface area contributed by atoms with Gasteiger partial charge in [-0.05, 0) is 36.8 Å². The minimum atomic E-state index is -0.0571. The number of hydrogen-bond acceptors (Lipinski definition) is 5. The highest BCUT2D eigenvalue weighted by molar-refractivity contribution is 7.73. The molecule has 0 saturated carbocycles. The van der Waals surface area contributed by atoms with Crippen LogP contribution in [0.25, 0.3) is 0 Å². The number of hydrogen-bond donors (Lipinski definition) is 1. The van der Waals surface area contributed by atoms with Gasteiger partial charge in [-0.2, -0.15) is 0 Å². The maximum atomic E-state index is 10.6. The minimum Gasteiger partial charge on any atom is -0.494 e. The van der Waals surface area contributed by atoms with E-state index in [4.69, 9.17) is 17.0 Å². The van der Waals surface area contributed by atoms with Gasteiger partial charge in [0.25, 0.3) is 0 Å². The minimum absolute atomic E-state index is 0.0571. The van der Waals surface area contributed by atoms with Crippen LogP contribution in [-0.2, 0) is 0 Å². The van der Waals surface area contributed by atoms with Gasteiger partial charge in [0.05, 0.1) is 19.4 Å². The molecule has 3 rings (SSSR count). The van der Waals surface area contributed by atoms with E-state index in [0.717, 1.165) is 5.56 Å². The van der Waals surface area contributed by atoms with E-state index in [1.165, 1.54) is 11.3 Å². The SMILES string of the molecule is COc1ccccc1N=Cc1sc(=S)n(C(C)c2ccccc2)c1O. The molecule has 0 spiro atoms. The number of ether oxygens (including phenoxy) is 1. The molecule has 1 unspecified atom stereocenters. The number of aromatic nitrogens is 1. The van der Waals surface area contributed by atoms with Crippen LogP contribution >= 0.6 is 23.6 Å². The molecule has 3 aromatic rings. The Bertz CT molecular complexity index is 946. The van der Waals surface area contributed by atoms with Crippen LogP contribution in [-0.4, -0.2) is 23.0 Å². The first kappa shape index (κ1) is 17.4. The molecule has 128 valence electrons. The lowest BCUT2D eigenvalue weighted by Crippen LogP contribution is -2.06. The van der Waals surface area contributed by atoms with E-state index in [1.807, 2.05) is 61.5 Å². The molecule has 0 bridgehead atoms. The third-order valence-electron chi connectivity index (χ3n) is 3.92. The Kier molecular flexibility index (Phi) is 5.31. The summed E-state index contributed by atoms with van der Waals surface area (Å²) in [6, 6.07) is 17.4. The molecule has 0 fully saturated rings. The van der Waals surface area contributed by atoms with E-state index in [1.54, 1.807) is 17.9 Å². The highest BCUT2D eigenvalue weighted by Gasteiger charge is 2.17. The number of aliphatic imine (C=N–C) groups is 1. The molecule has 1 heterocycles. The second-order valence-electron chi connectivity index (χ2n) is 5.44. The summed E-state index contributed by atoms with van der Waals surface area (Å²) < 4.78 is 7.65. The number of para-hydroxylation sites is 2. The van der Waals surface area contributed by atoms with Gasteiger partial charge >= 0.3 is 0 Å². The van der Waals surface area contributed by atoms with Crippen molar-refractivity contribution in [2.75, 3.05) is 7.11 Å². The van der Waals surface area contributed by atoms with Crippen molar-refractivity contribution >= 4 is 35.5 Å². The van der Waals surface area contributed by atoms with Gasteiger partial charge in [0.1, 0.15) is 16.3 Å². The van der Waals surface area contributed by atoms with Crippen molar-refractivity contribution in [3.63, 3.8) is 0 Å². The number of nitrogens with zero attached hydrogens (tertiary/aromatic N) is 2. The molecular formula is C19H18N2O2S2. The van der Waals surface area contributed by atoms with Gasteiger partial charge in [-0.3, -0.25) is 9.56 Å². The van der Waals surface area contributed by atoms with Crippen molar-refractivity contribution in [3.05, 3.63) is 69.0 Å². The van der Waals surface area contributed by atoms with E-state index >= 15 is 0 Å². The first-order valence-corrected chi connectivity index (χ1v) is 9.00. The summed E-state index contributed by atoms with van der Waals surface area (Å²) in [7, 11) is 1.60. The predicted octanol–water partition coefficient (Wildman–Crippen LogP) is 5.35. The molecule has 4 nitrogen and oxygen atoms in total. The van der Waals surface area contributed by atoms with Crippen molar-refractivity contribution in [3.8, 4) is 11.6 Å². The van der Waals surface area contributed by atoms with Crippen LogP contribution < -0.4 is 4.74 Å². The van der Waals surface area contributed by atoms with Crippen LogP contribution in [0.15, 0.2) is 59.6 Å². The number of rotatable bonds is 5. The first-order valence-electron chi connectivity index (χ1n) is 7.78. The third-order valence-corrected chi connectivity index (χ3v) is 5.24. The topological polar surface area (TPSA) is 46.8 Å². The molecule has 0 amide bonds. The summed E-state index contributed by atoms with van der Waals surface area (Å²) in [5.41, 5.74) is 1.78. The Balaban J connectivity index is 1.95. The van der Waals surface area contributed by atoms with Crippen molar-refractivity contribution in [1.82, 2.24) is 4.57 Å². The molecule has 1 N–H and O–H groups in total. The molecule has 0 aliphatic rings. The lowest BCUT2D eigenvalue weighted by atomic mass is 10.1. The van der Waals surface area contributed by atoms with Crippen molar-refractivity contribution in [2.45, 2.75) is 13.0 Å². The van der Waals surface area contributed by atoms with E-state index in [9.17, 15) is 5.11 Å². The maximum absolute atomic E-state index is 10.6. The van der Waals surface area contributed by atoms with Crippen LogP contribution in [0.1, 0.15) is 23.4 Å². The second kappa shape index (κ2) is 7.63. The molecule has 25 heavy (non-hydrogen) atoms. The predicted molar refractivity (Wildman–Crippen MR) is 105 cm³/mol. The number of thiazole rings is 1. The third kappa shape index (κ3) is 3.65. The fourth-order valence-electron chi connectivity index (χ4n) is 2.56. The average Bonchev–Trinajstić information content (AvgIpc) is 2.94. The van der Waals surface area contributed by atoms with Crippen molar-refractivity contribution < 1.29 is 9.84 Å². The second-order valence-corrected chi connectivity index (χ2v) is 7.12. The smallest absolute Gasteiger partial charge is 0.212 e. The van der Waals surface area contributed by atoms with Crippen LogP contribution in [0.5, 0.6) is 11.6 Å². The number of methoxy groups -OCH3 is 1. The average molecular weight is 370 g/mol. The monoisotopic (exact) mass is 370 g/mol.